The predicted octanol–water partition coefficient (Wildman–Crippen LogP) is 5.12. The molecule has 0 spiro atoms. The van der Waals surface area contributed by atoms with E-state index in [4.69, 9.17) is 9.15 Å². The van der Waals surface area contributed by atoms with Gasteiger partial charge in [0.15, 0.2) is 0 Å². The minimum Gasteiger partial charge on any atom is -0.489 e. The zero-order valence-electron chi connectivity index (χ0n) is 19.0. The van der Waals surface area contributed by atoms with Crippen molar-refractivity contribution >= 4 is 5.69 Å². The third-order valence-corrected chi connectivity index (χ3v) is 6.13. The highest BCUT2D eigenvalue weighted by Crippen LogP contribution is 2.29. The van der Waals surface area contributed by atoms with Gasteiger partial charge in [0.1, 0.15) is 12.4 Å². The maximum absolute atomic E-state index is 5.99. The van der Waals surface area contributed by atoms with Crippen LogP contribution >= 0.6 is 0 Å². The highest BCUT2D eigenvalue weighted by Gasteiger charge is 2.24. The number of aromatic nitrogens is 2. The van der Waals surface area contributed by atoms with Crippen molar-refractivity contribution < 1.29 is 9.15 Å². The Balaban J connectivity index is 1.26. The molecule has 2 heterocycles. The molecule has 3 aromatic carbocycles. The van der Waals surface area contributed by atoms with Crippen molar-refractivity contribution in [2.45, 2.75) is 19.1 Å². The van der Waals surface area contributed by atoms with Crippen molar-refractivity contribution in [2.75, 3.05) is 32.1 Å². The molecule has 6 heteroatoms. The molecule has 1 saturated heterocycles. The first-order valence-electron chi connectivity index (χ1n) is 11.3. The van der Waals surface area contributed by atoms with Gasteiger partial charge >= 0.3 is 0 Å². The smallest absolute Gasteiger partial charge is 0.248 e. The van der Waals surface area contributed by atoms with E-state index >= 15 is 0 Å². The summed E-state index contributed by atoms with van der Waals surface area (Å²) in [5.41, 5.74) is 4.10. The molecule has 168 valence electrons. The van der Waals surface area contributed by atoms with Crippen LogP contribution in [0.1, 0.15) is 12.0 Å². The van der Waals surface area contributed by atoms with Gasteiger partial charge in [-0.1, -0.05) is 36.4 Å². The van der Waals surface area contributed by atoms with E-state index in [0.29, 0.717) is 24.4 Å². The van der Waals surface area contributed by atoms with E-state index in [1.807, 2.05) is 54.6 Å². The molecule has 0 saturated carbocycles. The maximum Gasteiger partial charge on any atom is 0.248 e. The van der Waals surface area contributed by atoms with Gasteiger partial charge in [-0.05, 0) is 68.5 Å². The molecule has 1 aliphatic rings. The van der Waals surface area contributed by atoms with Crippen LogP contribution in [0, 0.1) is 0 Å². The lowest BCUT2D eigenvalue weighted by Gasteiger charge is -2.21. The molecule has 5 rings (SSSR count). The SMILES string of the molecule is CN(C)C1CCN(c2ccc(-c3nnc(-c4cccc(OCc5ccccc5)c4)o3)cc2)C1. The topological polar surface area (TPSA) is 54.6 Å². The van der Waals surface area contributed by atoms with Crippen molar-refractivity contribution in [3.63, 3.8) is 0 Å². The van der Waals surface area contributed by atoms with Crippen LogP contribution in [0.2, 0.25) is 0 Å². The van der Waals surface area contributed by atoms with E-state index in [1.165, 1.54) is 12.1 Å². The first-order valence-corrected chi connectivity index (χ1v) is 11.3. The zero-order chi connectivity index (χ0) is 22.6. The molecule has 4 aromatic rings. The van der Waals surface area contributed by atoms with Gasteiger partial charge in [0, 0.05) is 35.9 Å². The minimum absolute atomic E-state index is 0.479. The third kappa shape index (κ3) is 4.91. The lowest BCUT2D eigenvalue weighted by Crippen LogP contribution is -2.31. The number of benzene rings is 3. The Morgan fingerprint density at radius 1 is 0.909 bits per heavy atom. The molecule has 1 aromatic heterocycles. The number of likely N-dealkylation sites (N-methyl/N-ethyl adjacent to an activating group) is 1. The van der Waals surface area contributed by atoms with E-state index in [1.54, 1.807) is 0 Å². The van der Waals surface area contributed by atoms with Crippen molar-refractivity contribution in [2.24, 2.45) is 0 Å². The van der Waals surface area contributed by atoms with Crippen molar-refractivity contribution in [1.82, 2.24) is 15.1 Å². The van der Waals surface area contributed by atoms with Crippen LogP contribution in [0.15, 0.2) is 83.3 Å². The van der Waals surface area contributed by atoms with Crippen LogP contribution in [-0.2, 0) is 6.61 Å². The highest BCUT2D eigenvalue weighted by molar-refractivity contribution is 5.62. The monoisotopic (exact) mass is 440 g/mol. The van der Waals surface area contributed by atoms with Gasteiger partial charge in [-0.15, -0.1) is 10.2 Å². The number of anilines is 1. The van der Waals surface area contributed by atoms with Crippen LogP contribution < -0.4 is 9.64 Å². The second-order valence-corrected chi connectivity index (χ2v) is 8.61. The number of hydrogen-bond donors (Lipinski definition) is 0. The first kappa shape index (κ1) is 21.2. The highest BCUT2D eigenvalue weighted by atomic mass is 16.5. The Labute approximate surface area is 194 Å². The van der Waals surface area contributed by atoms with Gasteiger partial charge in [0.2, 0.25) is 11.8 Å². The fourth-order valence-electron chi connectivity index (χ4n) is 4.13. The van der Waals surface area contributed by atoms with E-state index in [-0.39, 0.29) is 0 Å². The Kier molecular flexibility index (Phi) is 6.09. The minimum atomic E-state index is 0.479. The van der Waals surface area contributed by atoms with E-state index in [2.05, 4.69) is 58.4 Å². The van der Waals surface area contributed by atoms with Crippen molar-refractivity contribution in [1.29, 1.82) is 0 Å². The van der Waals surface area contributed by atoms with Gasteiger partial charge in [-0.3, -0.25) is 0 Å². The molecule has 33 heavy (non-hydrogen) atoms. The van der Waals surface area contributed by atoms with Gasteiger partial charge in [0.25, 0.3) is 0 Å². The summed E-state index contributed by atoms with van der Waals surface area (Å²) in [5.74, 6) is 1.76. The third-order valence-electron chi connectivity index (χ3n) is 6.13. The average Bonchev–Trinajstić information content (AvgIpc) is 3.55. The summed E-state index contributed by atoms with van der Waals surface area (Å²) in [6.07, 6.45) is 1.19. The predicted molar refractivity (Wildman–Crippen MR) is 130 cm³/mol. The molecule has 0 bridgehead atoms. The molecular formula is C27H28N4O2. The van der Waals surface area contributed by atoms with Crippen LogP contribution in [0.25, 0.3) is 22.9 Å². The normalized spacial score (nSPS) is 15.8. The quantitative estimate of drug-likeness (QED) is 0.397. The van der Waals surface area contributed by atoms with E-state index in [0.717, 1.165) is 35.5 Å². The summed E-state index contributed by atoms with van der Waals surface area (Å²) < 4.78 is 11.9. The Morgan fingerprint density at radius 2 is 1.67 bits per heavy atom. The summed E-state index contributed by atoms with van der Waals surface area (Å²) in [7, 11) is 4.30. The number of nitrogens with zero attached hydrogens (tertiary/aromatic N) is 4. The molecular weight excluding hydrogens is 412 g/mol. The maximum atomic E-state index is 5.99. The molecule has 0 N–H and O–H groups in total. The average molecular weight is 441 g/mol. The van der Waals surface area contributed by atoms with Gasteiger partial charge in [-0.2, -0.15) is 0 Å². The lowest BCUT2D eigenvalue weighted by atomic mass is 10.2. The molecule has 0 radical (unpaired) electrons. The lowest BCUT2D eigenvalue weighted by molar-refractivity contribution is 0.306. The summed E-state index contributed by atoms with van der Waals surface area (Å²) in [4.78, 5) is 4.73. The largest absolute Gasteiger partial charge is 0.489 e. The van der Waals surface area contributed by atoms with Crippen LogP contribution in [0.4, 0.5) is 5.69 Å². The van der Waals surface area contributed by atoms with Crippen molar-refractivity contribution in [3.8, 4) is 28.7 Å². The molecule has 0 aliphatic carbocycles. The Hall–Kier alpha value is -3.64. The van der Waals surface area contributed by atoms with E-state index in [9.17, 15) is 0 Å². The van der Waals surface area contributed by atoms with Gasteiger partial charge < -0.3 is 19.0 Å². The van der Waals surface area contributed by atoms with Crippen molar-refractivity contribution in [3.05, 3.63) is 84.4 Å². The molecule has 1 atom stereocenters. The number of hydrogen-bond acceptors (Lipinski definition) is 6. The second-order valence-electron chi connectivity index (χ2n) is 8.61. The number of rotatable bonds is 7. The molecule has 1 aliphatic heterocycles. The fourth-order valence-corrected chi connectivity index (χ4v) is 4.13. The van der Waals surface area contributed by atoms with Gasteiger partial charge in [0.05, 0.1) is 0 Å². The Morgan fingerprint density at radius 3 is 2.39 bits per heavy atom. The molecule has 0 amide bonds. The summed E-state index contributed by atoms with van der Waals surface area (Å²) in [5, 5.41) is 8.53. The molecule has 6 nitrogen and oxygen atoms in total. The second kappa shape index (κ2) is 9.46. The van der Waals surface area contributed by atoms with Crippen LogP contribution in [-0.4, -0.2) is 48.3 Å². The fraction of sp³-hybridized carbons (Fsp3) is 0.259. The van der Waals surface area contributed by atoms with Crippen LogP contribution in [0.5, 0.6) is 5.75 Å². The summed E-state index contributed by atoms with van der Waals surface area (Å²) in [6, 6.07) is 26.8. The number of ether oxygens (including phenoxy) is 1. The van der Waals surface area contributed by atoms with E-state index < -0.39 is 0 Å². The standard InChI is InChI=1S/C27H28N4O2/c1-30(2)24-15-16-31(18-24)23-13-11-21(12-14-23)26-28-29-27(33-26)22-9-6-10-25(17-22)32-19-20-7-4-3-5-8-20/h3-14,17,24H,15-16,18-19H2,1-2H3. The zero-order valence-corrected chi connectivity index (χ0v) is 19.0. The van der Waals surface area contributed by atoms with Gasteiger partial charge in [-0.25, -0.2) is 0 Å². The first-order chi connectivity index (χ1) is 16.2. The molecule has 1 fully saturated rings. The molecule has 1 unspecified atom stereocenters. The summed E-state index contributed by atoms with van der Waals surface area (Å²) in [6.45, 7) is 2.65. The summed E-state index contributed by atoms with van der Waals surface area (Å²) >= 11 is 0. The van der Waals surface area contributed by atoms with Crippen LogP contribution in [0.3, 0.4) is 0 Å². The Bertz CT molecular complexity index is 1190.